The Bertz CT molecular complexity index is 126. The number of hydrogen-bond donors (Lipinski definition) is 1. The molecule has 0 aromatic carbocycles. The molecule has 0 saturated carbocycles. The van der Waals surface area contributed by atoms with Crippen molar-refractivity contribution in [2.45, 2.75) is 26.2 Å². The molecule has 0 fully saturated rings. The van der Waals surface area contributed by atoms with Crippen LogP contribution in [0.15, 0.2) is 11.1 Å². The summed E-state index contributed by atoms with van der Waals surface area (Å²) in [5.41, 5.74) is 2.84. The van der Waals surface area contributed by atoms with Crippen molar-refractivity contribution in [1.29, 1.82) is 0 Å². The minimum Gasteiger partial charge on any atom is -0.313 e. The van der Waals surface area contributed by atoms with Crippen LogP contribution < -0.4 is 5.32 Å². The van der Waals surface area contributed by atoms with E-state index in [9.17, 15) is 0 Å². The number of nitrogens with one attached hydrogen (secondary N) is 1. The smallest absolute Gasteiger partial charge is 0.0173 e. The highest BCUT2D eigenvalue weighted by Gasteiger charge is 1.89. The first-order valence-electron chi connectivity index (χ1n) is 4.33. The second kappa shape index (κ2) is 9.81. The predicted octanol–water partition coefficient (Wildman–Crippen LogP) is 3.32. The van der Waals surface area contributed by atoms with Crippen LogP contribution in [0.1, 0.15) is 26.2 Å². The quantitative estimate of drug-likeness (QED) is 0.432. The number of hydrogen-bond acceptors (Lipinski definition) is 1. The van der Waals surface area contributed by atoms with Crippen LogP contribution in [0.3, 0.4) is 0 Å². The van der Waals surface area contributed by atoms with Crippen molar-refractivity contribution in [3.05, 3.63) is 11.1 Å². The first-order chi connectivity index (χ1) is 5.81. The first kappa shape index (κ1) is 12.7. The molecule has 0 saturated heterocycles. The van der Waals surface area contributed by atoms with Crippen molar-refractivity contribution in [3.8, 4) is 0 Å². The summed E-state index contributed by atoms with van der Waals surface area (Å²) in [6.07, 6.45) is 3.95. The van der Waals surface area contributed by atoms with Crippen LogP contribution >= 0.6 is 34.2 Å². The highest BCUT2D eigenvalue weighted by molar-refractivity contribution is 14.1. The van der Waals surface area contributed by atoms with Crippen molar-refractivity contribution in [3.63, 3.8) is 0 Å². The molecule has 0 aromatic heterocycles. The molecule has 1 nitrogen and oxygen atoms in total. The van der Waals surface area contributed by atoms with Gasteiger partial charge in [-0.1, -0.05) is 40.6 Å². The Morgan fingerprint density at radius 2 is 2.17 bits per heavy atom. The molecule has 1 N–H and O–H groups in total. The maximum atomic E-state index is 5.51. The highest BCUT2D eigenvalue weighted by Crippen LogP contribution is 1.98. The van der Waals surface area contributed by atoms with Crippen LogP contribution in [0.25, 0.3) is 0 Å². The average molecular weight is 302 g/mol. The maximum Gasteiger partial charge on any atom is 0.0173 e. The van der Waals surface area contributed by atoms with Gasteiger partial charge in [-0.05, 0) is 36.3 Å². The molecule has 72 valence electrons. The van der Waals surface area contributed by atoms with Gasteiger partial charge in [0.2, 0.25) is 0 Å². The molecule has 0 aliphatic rings. The predicted molar refractivity (Wildman–Crippen MR) is 65.2 cm³/mol. The van der Waals surface area contributed by atoms with Gasteiger partial charge < -0.3 is 5.32 Å². The Morgan fingerprint density at radius 3 is 2.75 bits per heavy atom. The van der Waals surface area contributed by atoms with E-state index in [0.717, 1.165) is 13.1 Å². The molecule has 3 heteroatoms. The largest absolute Gasteiger partial charge is 0.313 e. The van der Waals surface area contributed by atoms with Gasteiger partial charge in [-0.25, -0.2) is 0 Å². The van der Waals surface area contributed by atoms with Crippen molar-refractivity contribution in [2.75, 3.05) is 17.5 Å². The van der Waals surface area contributed by atoms with Gasteiger partial charge in [0, 0.05) is 12.1 Å². The molecule has 0 aliphatic carbocycles. The van der Waals surface area contributed by atoms with Crippen LogP contribution in [-0.4, -0.2) is 17.5 Å². The molecule has 0 aliphatic heterocycles. The molecule has 0 amide bonds. The lowest BCUT2D eigenvalue weighted by atomic mass is 10.2. The number of halogens is 2. The van der Waals surface area contributed by atoms with E-state index >= 15 is 0 Å². The van der Waals surface area contributed by atoms with E-state index in [4.69, 9.17) is 11.6 Å². The Balaban J connectivity index is 3.00. The van der Waals surface area contributed by atoms with E-state index in [0.29, 0.717) is 0 Å². The molecule has 0 heterocycles. The monoisotopic (exact) mass is 301 g/mol. The van der Waals surface area contributed by atoms with E-state index in [1.165, 1.54) is 29.3 Å². The van der Waals surface area contributed by atoms with Gasteiger partial charge in [-0.15, -0.1) is 0 Å². The third-order valence-electron chi connectivity index (χ3n) is 1.58. The van der Waals surface area contributed by atoms with Gasteiger partial charge >= 0.3 is 0 Å². The van der Waals surface area contributed by atoms with Gasteiger partial charge in [-0.3, -0.25) is 0 Å². The standard InChI is InChI=1S/C9H17ClIN/c1-9(7-10)8-12-6-4-2-3-5-11/h7,12H,2-6,8H2,1H3. The maximum absolute atomic E-state index is 5.51. The topological polar surface area (TPSA) is 12.0 Å². The fourth-order valence-corrected chi connectivity index (χ4v) is 1.46. The minimum atomic E-state index is 0.924. The van der Waals surface area contributed by atoms with Crippen LogP contribution in [-0.2, 0) is 0 Å². The van der Waals surface area contributed by atoms with Crippen LogP contribution in [0.5, 0.6) is 0 Å². The van der Waals surface area contributed by atoms with Crippen molar-refractivity contribution in [1.82, 2.24) is 5.32 Å². The normalized spacial score (nSPS) is 12.1. The van der Waals surface area contributed by atoms with Crippen LogP contribution in [0, 0.1) is 0 Å². The summed E-state index contributed by atoms with van der Waals surface area (Å²) in [6.45, 7) is 4.07. The third-order valence-corrected chi connectivity index (χ3v) is 2.71. The zero-order valence-corrected chi connectivity index (χ0v) is 10.5. The van der Waals surface area contributed by atoms with E-state index in [1.54, 1.807) is 5.54 Å². The molecule has 0 atom stereocenters. The number of rotatable bonds is 7. The molecular weight excluding hydrogens is 284 g/mol. The molecular formula is C9H17ClIN. The van der Waals surface area contributed by atoms with E-state index in [2.05, 4.69) is 27.9 Å². The summed E-state index contributed by atoms with van der Waals surface area (Å²) >= 11 is 7.93. The van der Waals surface area contributed by atoms with Crippen molar-refractivity contribution < 1.29 is 0 Å². The third kappa shape index (κ3) is 8.81. The van der Waals surface area contributed by atoms with Gasteiger partial charge in [0.25, 0.3) is 0 Å². The summed E-state index contributed by atoms with van der Waals surface area (Å²) in [6, 6.07) is 0. The molecule has 0 bridgehead atoms. The Morgan fingerprint density at radius 1 is 1.42 bits per heavy atom. The average Bonchev–Trinajstić information content (AvgIpc) is 2.10. The fraction of sp³-hybridized carbons (Fsp3) is 0.778. The van der Waals surface area contributed by atoms with Gasteiger partial charge in [-0.2, -0.15) is 0 Å². The number of alkyl halides is 1. The summed E-state index contributed by atoms with van der Waals surface area (Å²) in [4.78, 5) is 0. The van der Waals surface area contributed by atoms with Gasteiger partial charge in [0.15, 0.2) is 0 Å². The lowest BCUT2D eigenvalue weighted by Crippen LogP contribution is -2.17. The summed E-state index contributed by atoms with van der Waals surface area (Å²) in [5, 5.41) is 3.34. The molecule has 0 spiro atoms. The van der Waals surface area contributed by atoms with E-state index < -0.39 is 0 Å². The van der Waals surface area contributed by atoms with Crippen molar-refractivity contribution in [2.24, 2.45) is 0 Å². The van der Waals surface area contributed by atoms with Gasteiger partial charge in [0.1, 0.15) is 0 Å². The highest BCUT2D eigenvalue weighted by atomic mass is 127. The van der Waals surface area contributed by atoms with Crippen LogP contribution in [0.4, 0.5) is 0 Å². The minimum absolute atomic E-state index is 0.924. The zero-order valence-electron chi connectivity index (χ0n) is 7.58. The van der Waals surface area contributed by atoms with Crippen molar-refractivity contribution >= 4 is 34.2 Å². The molecule has 12 heavy (non-hydrogen) atoms. The SMILES string of the molecule is CC(=CCl)CNCCCCCI. The summed E-state index contributed by atoms with van der Waals surface area (Å²) in [7, 11) is 0. The Labute approximate surface area is 94.1 Å². The summed E-state index contributed by atoms with van der Waals surface area (Å²) < 4.78 is 1.28. The van der Waals surface area contributed by atoms with Crippen LogP contribution in [0.2, 0.25) is 0 Å². The Kier molecular flexibility index (Phi) is 10.4. The van der Waals surface area contributed by atoms with E-state index in [-0.39, 0.29) is 0 Å². The Hall–Kier alpha value is 0.720. The lowest BCUT2D eigenvalue weighted by molar-refractivity contribution is 0.644. The molecule has 0 radical (unpaired) electrons. The lowest BCUT2D eigenvalue weighted by Gasteiger charge is -2.03. The van der Waals surface area contributed by atoms with Gasteiger partial charge in [0.05, 0.1) is 0 Å². The second-order valence-electron chi connectivity index (χ2n) is 2.88. The zero-order chi connectivity index (χ0) is 9.23. The number of unbranched alkanes of at least 4 members (excludes halogenated alkanes) is 2. The molecule has 0 rings (SSSR count). The molecule has 0 unspecified atom stereocenters. The molecule has 0 aromatic rings. The second-order valence-corrected chi connectivity index (χ2v) is 4.18. The first-order valence-corrected chi connectivity index (χ1v) is 6.30. The fourth-order valence-electron chi connectivity index (χ4n) is 0.845. The summed E-state index contributed by atoms with van der Waals surface area (Å²) in [5.74, 6) is 0. The van der Waals surface area contributed by atoms with E-state index in [1.807, 2.05) is 6.92 Å².